The summed E-state index contributed by atoms with van der Waals surface area (Å²) in [5.74, 6) is -0.0879. The first-order chi connectivity index (χ1) is 9.66. The Morgan fingerprint density at radius 1 is 1.55 bits per heavy atom. The number of amides is 1. The number of nitrogens with one attached hydrogen (secondary N) is 1. The van der Waals surface area contributed by atoms with E-state index >= 15 is 0 Å². The number of nitrogens with zero attached hydrogens (tertiary/aromatic N) is 1. The van der Waals surface area contributed by atoms with E-state index in [1.807, 2.05) is 11.8 Å². The molecule has 106 valence electrons. The molecule has 2 heterocycles. The zero-order chi connectivity index (χ0) is 14.4. The van der Waals surface area contributed by atoms with Crippen LogP contribution < -0.4 is 5.32 Å². The van der Waals surface area contributed by atoms with Gasteiger partial charge in [-0.3, -0.25) is 9.78 Å². The van der Waals surface area contributed by atoms with Crippen LogP contribution in [0.2, 0.25) is 0 Å². The monoisotopic (exact) mass is 292 g/mol. The van der Waals surface area contributed by atoms with Crippen LogP contribution in [-0.4, -0.2) is 39.5 Å². The van der Waals surface area contributed by atoms with E-state index in [0.717, 1.165) is 18.2 Å². The Bertz CT molecular complexity index is 525. The molecule has 2 N–H and O–H groups in total. The summed E-state index contributed by atoms with van der Waals surface area (Å²) < 4.78 is 0. The van der Waals surface area contributed by atoms with Crippen molar-refractivity contribution in [3.05, 3.63) is 35.7 Å². The van der Waals surface area contributed by atoms with Crippen LogP contribution in [0, 0.1) is 0 Å². The van der Waals surface area contributed by atoms with Crippen LogP contribution in [-0.2, 0) is 4.79 Å². The van der Waals surface area contributed by atoms with Crippen LogP contribution >= 0.6 is 11.8 Å². The Labute approximate surface area is 121 Å². The Morgan fingerprint density at radius 2 is 2.40 bits per heavy atom. The highest BCUT2D eigenvalue weighted by atomic mass is 32.2. The molecule has 1 saturated heterocycles. The highest BCUT2D eigenvalue weighted by Gasteiger charge is 2.17. The maximum Gasteiger partial charge on any atom is 0.328 e. The van der Waals surface area contributed by atoms with Crippen molar-refractivity contribution in [2.24, 2.45) is 0 Å². The number of carbonyl (C=O) groups excluding carboxylic acids is 1. The predicted molar refractivity (Wildman–Crippen MR) is 78.7 cm³/mol. The SMILES string of the molecule is O=C(O)/C=C/c1cnccc1C(=O)NCC1CCCS1. The van der Waals surface area contributed by atoms with Gasteiger partial charge < -0.3 is 10.4 Å². The standard InChI is InChI=1S/C14H16N2O3S/c17-13(18)4-3-10-8-15-6-5-12(10)14(19)16-9-11-2-1-7-20-11/h3-6,8,11H,1-2,7,9H2,(H,16,19)(H,17,18)/b4-3+. The number of thioether (sulfide) groups is 1. The first-order valence-electron chi connectivity index (χ1n) is 6.41. The Morgan fingerprint density at radius 3 is 3.10 bits per heavy atom. The molecule has 1 aromatic rings. The van der Waals surface area contributed by atoms with Gasteiger partial charge >= 0.3 is 5.97 Å². The first kappa shape index (κ1) is 14.6. The zero-order valence-electron chi connectivity index (χ0n) is 10.9. The average molecular weight is 292 g/mol. The smallest absolute Gasteiger partial charge is 0.328 e. The van der Waals surface area contributed by atoms with Gasteiger partial charge in [-0.15, -0.1) is 0 Å². The van der Waals surface area contributed by atoms with Crippen molar-refractivity contribution < 1.29 is 14.7 Å². The number of aliphatic carboxylic acids is 1. The molecule has 6 heteroatoms. The maximum atomic E-state index is 12.1. The summed E-state index contributed by atoms with van der Waals surface area (Å²) in [5, 5.41) is 12.0. The van der Waals surface area contributed by atoms with E-state index in [0.29, 0.717) is 22.9 Å². The van der Waals surface area contributed by atoms with Crippen LogP contribution in [0.15, 0.2) is 24.5 Å². The average Bonchev–Trinajstić information content (AvgIpc) is 2.96. The largest absolute Gasteiger partial charge is 0.478 e. The van der Waals surface area contributed by atoms with Crippen LogP contribution in [0.25, 0.3) is 6.08 Å². The highest BCUT2D eigenvalue weighted by molar-refractivity contribution is 8.00. The second-order valence-electron chi connectivity index (χ2n) is 4.48. The minimum absolute atomic E-state index is 0.190. The fraction of sp³-hybridized carbons (Fsp3) is 0.357. The minimum atomic E-state index is -1.05. The minimum Gasteiger partial charge on any atom is -0.478 e. The number of hydrogen-bond acceptors (Lipinski definition) is 4. The molecule has 0 aromatic carbocycles. The van der Waals surface area contributed by atoms with E-state index in [-0.39, 0.29) is 5.91 Å². The lowest BCUT2D eigenvalue weighted by atomic mass is 10.1. The molecule has 0 radical (unpaired) electrons. The summed E-state index contributed by atoms with van der Waals surface area (Å²) in [7, 11) is 0. The third-order valence-electron chi connectivity index (χ3n) is 3.02. The maximum absolute atomic E-state index is 12.1. The quantitative estimate of drug-likeness (QED) is 0.809. The lowest BCUT2D eigenvalue weighted by Gasteiger charge is -2.11. The molecule has 0 spiro atoms. The number of carbonyl (C=O) groups is 2. The van der Waals surface area contributed by atoms with Crippen molar-refractivity contribution in [3.63, 3.8) is 0 Å². The lowest BCUT2D eigenvalue weighted by Crippen LogP contribution is -2.30. The van der Waals surface area contributed by atoms with Gasteiger partial charge in [0.2, 0.25) is 0 Å². The second-order valence-corrected chi connectivity index (χ2v) is 5.89. The molecule has 0 bridgehead atoms. The third kappa shape index (κ3) is 4.09. The molecule has 1 atom stereocenters. The fourth-order valence-corrected chi connectivity index (χ4v) is 3.22. The van der Waals surface area contributed by atoms with E-state index in [4.69, 9.17) is 5.11 Å². The van der Waals surface area contributed by atoms with Crippen molar-refractivity contribution in [1.82, 2.24) is 10.3 Å². The van der Waals surface area contributed by atoms with Crippen molar-refractivity contribution in [1.29, 1.82) is 0 Å². The molecule has 1 aromatic heterocycles. The van der Waals surface area contributed by atoms with Gasteiger partial charge in [0.1, 0.15) is 0 Å². The predicted octanol–water partition coefficient (Wildman–Crippen LogP) is 1.80. The molecule has 0 saturated carbocycles. The molecule has 1 aliphatic heterocycles. The van der Waals surface area contributed by atoms with Gasteiger partial charge in [0.05, 0.1) is 0 Å². The summed E-state index contributed by atoms with van der Waals surface area (Å²) in [6.45, 7) is 0.647. The van der Waals surface area contributed by atoms with Gasteiger partial charge in [0, 0.05) is 41.4 Å². The molecule has 2 rings (SSSR count). The molecule has 1 amide bonds. The number of hydrogen-bond donors (Lipinski definition) is 2. The molecule has 1 fully saturated rings. The van der Waals surface area contributed by atoms with E-state index in [2.05, 4.69) is 10.3 Å². The Kier molecular flexibility index (Phi) is 5.17. The van der Waals surface area contributed by atoms with Gasteiger partial charge in [-0.05, 0) is 30.7 Å². The van der Waals surface area contributed by atoms with E-state index < -0.39 is 5.97 Å². The number of aromatic nitrogens is 1. The van der Waals surface area contributed by atoms with Crippen LogP contribution in [0.3, 0.4) is 0 Å². The fourth-order valence-electron chi connectivity index (χ4n) is 2.01. The summed E-state index contributed by atoms with van der Waals surface area (Å²) in [4.78, 5) is 26.6. The van der Waals surface area contributed by atoms with Crippen molar-refractivity contribution in [2.45, 2.75) is 18.1 Å². The molecular weight excluding hydrogens is 276 g/mol. The summed E-state index contributed by atoms with van der Waals surface area (Å²) in [6, 6.07) is 1.60. The van der Waals surface area contributed by atoms with Crippen LogP contribution in [0.1, 0.15) is 28.8 Å². The number of carboxylic acid groups (broad SMARTS) is 1. The van der Waals surface area contributed by atoms with Gasteiger partial charge in [0.15, 0.2) is 0 Å². The molecular formula is C14H16N2O3S. The summed E-state index contributed by atoms with van der Waals surface area (Å²) >= 11 is 1.88. The van der Waals surface area contributed by atoms with E-state index in [1.54, 1.807) is 6.07 Å². The van der Waals surface area contributed by atoms with Crippen LogP contribution in [0.5, 0.6) is 0 Å². The van der Waals surface area contributed by atoms with Crippen molar-refractivity contribution in [2.75, 3.05) is 12.3 Å². The van der Waals surface area contributed by atoms with Gasteiger partial charge in [0.25, 0.3) is 5.91 Å². The second kappa shape index (κ2) is 7.09. The van der Waals surface area contributed by atoms with Gasteiger partial charge in [-0.2, -0.15) is 11.8 Å². The molecule has 0 aliphatic carbocycles. The molecule has 5 nitrogen and oxygen atoms in total. The van der Waals surface area contributed by atoms with Crippen LogP contribution in [0.4, 0.5) is 0 Å². The molecule has 1 aliphatic rings. The van der Waals surface area contributed by atoms with E-state index in [1.165, 1.54) is 24.9 Å². The van der Waals surface area contributed by atoms with E-state index in [9.17, 15) is 9.59 Å². The Balaban J connectivity index is 2.02. The molecule has 20 heavy (non-hydrogen) atoms. The normalized spacial score (nSPS) is 18.3. The molecule has 1 unspecified atom stereocenters. The zero-order valence-corrected chi connectivity index (χ0v) is 11.7. The first-order valence-corrected chi connectivity index (χ1v) is 7.46. The summed E-state index contributed by atoms with van der Waals surface area (Å²) in [6.07, 6.45) is 7.73. The number of pyridine rings is 1. The third-order valence-corrected chi connectivity index (χ3v) is 4.41. The Hall–Kier alpha value is -1.82. The number of carboxylic acids is 1. The summed E-state index contributed by atoms with van der Waals surface area (Å²) in [5.41, 5.74) is 0.951. The highest BCUT2D eigenvalue weighted by Crippen LogP contribution is 2.25. The van der Waals surface area contributed by atoms with Crippen molar-refractivity contribution in [3.8, 4) is 0 Å². The number of rotatable bonds is 5. The lowest BCUT2D eigenvalue weighted by molar-refractivity contribution is -0.131. The van der Waals surface area contributed by atoms with Crippen molar-refractivity contribution >= 4 is 29.7 Å². The van der Waals surface area contributed by atoms with Gasteiger partial charge in [-0.25, -0.2) is 4.79 Å². The topological polar surface area (TPSA) is 79.3 Å². The van der Waals surface area contributed by atoms with Gasteiger partial charge in [-0.1, -0.05) is 0 Å².